The van der Waals surface area contributed by atoms with Gasteiger partial charge in [0.15, 0.2) is 17.2 Å². The van der Waals surface area contributed by atoms with Gasteiger partial charge in [-0.15, -0.1) is 5.10 Å². The molecule has 1 aliphatic heterocycles. The zero-order valence-corrected chi connectivity index (χ0v) is 9.43. The number of benzene rings is 1. The molecule has 0 bridgehead atoms. The number of aromatic nitrogens is 2. The molecule has 0 saturated carbocycles. The Bertz CT molecular complexity index is 584. The van der Waals surface area contributed by atoms with Gasteiger partial charge in [-0.3, -0.25) is 0 Å². The molecular weight excluding hydrogens is 220 g/mol. The molecule has 3 rings (SSSR count). The highest BCUT2D eigenvalue weighted by molar-refractivity contribution is 5.57. The molecule has 0 radical (unpaired) electrons. The summed E-state index contributed by atoms with van der Waals surface area (Å²) in [6.07, 6.45) is 1.50. The third-order valence-electron chi connectivity index (χ3n) is 2.47. The number of hydrogen-bond donors (Lipinski definition) is 0. The van der Waals surface area contributed by atoms with E-state index < -0.39 is 0 Å². The molecule has 0 aliphatic carbocycles. The second-order valence-corrected chi connectivity index (χ2v) is 3.70. The highest BCUT2D eigenvalue weighted by Crippen LogP contribution is 2.48. The predicted octanol–water partition coefficient (Wildman–Crippen LogP) is 2.69. The Morgan fingerprint density at radius 3 is 2.82 bits per heavy atom. The quantitative estimate of drug-likeness (QED) is 0.643. The summed E-state index contributed by atoms with van der Waals surface area (Å²) >= 11 is 0. The van der Waals surface area contributed by atoms with E-state index in [-0.39, 0.29) is 0 Å². The van der Waals surface area contributed by atoms with Crippen LogP contribution < -0.4 is 14.2 Å². The SMILES string of the molecule is COc1nncc2c1Oc1cc(C)ccc1O2. The molecule has 0 spiro atoms. The normalized spacial score (nSPS) is 11.9. The van der Waals surface area contributed by atoms with Crippen molar-refractivity contribution in [1.82, 2.24) is 10.2 Å². The highest BCUT2D eigenvalue weighted by atomic mass is 16.6. The average Bonchev–Trinajstić information content (AvgIpc) is 2.35. The largest absolute Gasteiger partial charge is 0.477 e. The van der Waals surface area contributed by atoms with Crippen molar-refractivity contribution in [2.75, 3.05) is 7.11 Å². The van der Waals surface area contributed by atoms with Gasteiger partial charge in [-0.2, -0.15) is 5.10 Å². The first-order valence-corrected chi connectivity index (χ1v) is 5.14. The summed E-state index contributed by atoms with van der Waals surface area (Å²) in [7, 11) is 1.51. The summed E-state index contributed by atoms with van der Waals surface area (Å²) in [6, 6.07) is 5.72. The van der Waals surface area contributed by atoms with Gasteiger partial charge in [-0.05, 0) is 24.6 Å². The number of aryl methyl sites for hydroxylation is 1. The van der Waals surface area contributed by atoms with E-state index in [0.717, 1.165) is 5.56 Å². The van der Waals surface area contributed by atoms with E-state index in [4.69, 9.17) is 14.2 Å². The molecule has 86 valence electrons. The van der Waals surface area contributed by atoms with E-state index in [1.54, 1.807) is 0 Å². The van der Waals surface area contributed by atoms with Gasteiger partial charge in [-0.25, -0.2) is 0 Å². The van der Waals surface area contributed by atoms with E-state index in [9.17, 15) is 0 Å². The molecule has 0 amide bonds. The molecule has 0 unspecified atom stereocenters. The van der Waals surface area contributed by atoms with Gasteiger partial charge in [-0.1, -0.05) is 6.07 Å². The molecule has 1 aromatic carbocycles. The molecule has 5 nitrogen and oxygen atoms in total. The first kappa shape index (κ1) is 9.89. The fourth-order valence-corrected chi connectivity index (χ4v) is 1.65. The lowest BCUT2D eigenvalue weighted by Crippen LogP contribution is -2.03. The number of ether oxygens (including phenoxy) is 3. The maximum absolute atomic E-state index is 5.73. The molecule has 0 saturated heterocycles. The van der Waals surface area contributed by atoms with Gasteiger partial charge >= 0.3 is 0 Å². The Morgan fingerprint density at radius 2 is 2.00 bits per heavy atom. The average molecular weight is 230 g/mol. The molecule has 17 heavy (non-hydrogen) atoms. The van der Waals surface area contributed by atoms with E-state index in [2.05, 4.69) is 10.2 Å². The van der Waals surface area contributed by atoms with Crippen molar-refractivity contribution < 1.29 is 14.2 Å². The van der Waals surface area contributed by atoms with Crippen LogP contribution in [0.4, 0.5) is 0 Å². The molecule has 2 heterocycles. The molecule has 1 aliphatic rings. The Kier molecular flexibility index (Phi) is 2.11. The molecule has 0 N–H and O–H groups in total. The van der Waals surface area contributed by atoms with Crippen LogP contribution in [0.1, 0.15) is 5.56 Å². The third-order valence-corrected chi connectivity index (χ3v) is 2.47. The minimum absolute atomic E-state index is 0.314. The van der Waals surface area contributed by atoms with E-state index in [0.29, 0.717) is 28.9 Å². The molecule has 0 atom stereocenters. The molecule has 5 heteroatoms. The van der Waals surface area contributed by atoms with Crippen LogP contribution in [-0.2, 0) is 0 Å². The van der Waals surface area contributed by atoms with Gasteiger partial charge < -0.3 is 14.2 Å². The summed E-state index contributed by atoms with van der Waals surface area (Å²) in [6.45, 7) is 1.99. The van der Waals surface area contributed by atoms with Crippen LogP contribution in [0.25, 0.3) is 0 Å². The first-order valence-electron chi connectivity index (χ1n) is 5.14. The van der Waals surface area contributed by atoms with Crippen molar-refractivity contribution in [3.8, 4) is 28.9 Å². The van der Waals surface area contributed by atoms with Crippen molar-refractivity contribution in [1.29, 1.82) is 0 Å². The summed E-state index contributed by atoms with van der Waals surface area (Å²) in [5, 5.41) is 7.61. The third kappa shape index (κ3) is 1.56. The highest BCUT2D eigenvalue weighted by Gasteiger charge is 2.23. The van der Waals surface area contributed by atoms with Crippen LogP contribution in [0.15, 0.2) is 24.4 Å². The Balaban J connectivity index is 2.11. The monoisotopic (exact) mass is 230 g/mol. The maximum Gasteiger partial charge on any atom is 0.280 e. The fourth-order valence-electron chi connectivity index (χ4n) is 1.65. The Morgan fingerprint density at radius 1 is 1.12 bits per heavy atom. The van der Waals surface area contributed by atoms with Gasteiger partial charge in [0.2, 0.25) is 5.75 Å². The number of fused-ring (bicyclic) bond motifs is 2. The topological polar surface area (TPSA) is 53.5 Å². The smallest absolute Gasteiger partial charge is 0.280 e. The molecule has 2 aromatic rings. The second-order valence-electron chi connectivity index (χ2n) is 3.70. The van der Waals surface area contributed by atoms with Crippen LogP contribution >= 0.6 is 0 Å². The number of methoxy groups -OCH3 is 1. The summed E-state index contributed by atoms with van der Waals surface area (Å²) in [5.74, 6) is 2.60. The van der Waals surface area contributed by atoms with Crippen molar-refractivity contribution in [2.45, 2.75) is 6.92 Å². The standard InChI is InChI=1S/C12H10N2O3/c1-7-3-4-8-9(5-7)17-11-10(16-8)6-13-14-12(11)15-2/h3-6H,1-2H3. The molecule has 0 fully saturated rings. The van der Waals surface area contributed by atoms with Crippen LogP contribution in [0.3, 0.4) is 0 Å². The maximum atomic E-state index is 5.73. The van der Waals surface area contributed by atoms with E-state index in [1.165, 1.54) is 13.3 Å². The van der Waals surface area contributed by atoms with Crippen molar-refractivity contribution in [3.63, 3.8) is 0 Å². The summed E-state index contributed by atoms with van der Waals surface area (Å²) in [4.78, 5) is 0. The predicted molar refractivity (Wildman–Crippen MR) is 59.9 cm³/mol. The zero-order valence-electron chi connectivity index (χ0n) is 9.43. The van der Waals surface area contributed by atoms with Crippen molar-refractivity contribution in [3.05, 3.63) is 30.0 Å². The van der Waals surface area contributed by atoms with Gasteiger partial charge in [0.25, 0.3) is 5.88 Å². The van der Waals surface area contributed by atoms with Gasteiger partial charge in [0.05, 0.1) is 13.3 Å². The molecular formula is C12H10N2O3. The van der Waals surface area contributed by atoms with E-state index in [1.807, 2.05) is 25.1 Å². The van der Waals surface area contributed by atoms with Gasteiger partial charge in [0, 0.05) is 0 Å². The summed E-state index contributed by atoms with van der Waals surface area (Å²) < 4.78 is 16.5. The zero-order chi connectivity index (χ0) is 11.8. The number of nitrogens with zero attached hydrogens (tertiary/aromatic N) is 2. The lowest BCUT2D eigenvalue weighted by Gasteiger charge is -2.20. The van der Waals surface area contributed by atoms with E-state index >= 15 is 0 Å². The minimum atomic E-state index is 0.314. The Labute approximate surface area is 98.0 Å². The Hall–Kier alpha value is -2.30. The fraction of sp³-hybridized carbons (Fsp3) is 0.167. The lowest BCUT2D eigenvalue weighted by molar-refractivity contribution is 0.314. The second kappa shape index (κ2) is 3.62. The van der Waals surface area contributed by atoms with Crippen molar-refractivity contribution >= 4 is 0 Å². The van der Waals surface area contributed by atoms with Crippen LogP contribution in [0, 0.1) is 6.92 Å². The first-order chi connectivity index (χ1) is 8.28. The number of rotatable bonds is 1. The van der Waals surface area contributed by atoms with Gasteiger partial charge in [0.1, 0.15) is 0 Å². The lowest BCUT2D eigenvalue weighted by atomic mass is 10.2. The minimum Gasteiger partial charge on any atom is -0.477 e. The van der Waals surface area contributed by atoms with Crippen LogP contribution in [-0.4, -0.2) is 17.3 Å². The van der Waals surface area contributed by atoms with Crippen LogP contribution in [0.2, 0.25) is 0 Å². The van der Waals surface area contributed by atoms with Crippen LogP contribution in [0.5, 0.6) is 28.9 Å². The summed E-state index contributed by atoms with van der Waals surface area (Å²) in [5.41, 5.74) is 1.09. The molecule has 1 aromatic heterocycles. The van der Waals surface area contributed by atoms with Crippen molar-refractivity contribution in [2.24, 2.45) is 0 Å². The number of hydrogen-bond acceptors (Lipinski definition) is 5.